The minimum Gasteiger partial charge on any atom is -0.455 e. The number of carbonyl (C=O) groups is 1. The lowest BCUT2D eigenvalue weighted by Crippen LogP contribution is -1.81. The first kappa shape index (κ1) is 7.42. The molecule has 0 bridgehead atoms. The zero-order chi connectivity index (χ0) is 8.10. The summed E-state index contributed by atoms with van der Waals surface area (Å²) in [6, 6.07) is 3.20. The Kier molecular flexibility index (Phi) is 2.34. The number of furan rings is 1. The molecule has 0 unspecified atom stereocenters. The molecule has 0 amide bonds. The molecule has 0 aliphatic heterocycles. The Bertz CT molecular complexity index is 280. The van der Waals surface area contributed by atoms with Crippen LogP contribution in [0.5, 0.6) is 0 Å². The van der Waals surface area contributed by atoms with Crippen molar-refractivity contribution in [3.63, 3.8) is 0 Å². The highest BCUT2D eigenvalue weighted by Gasteiger charge is 1.99. The van der Waals surface area contributed by atoms with E-state index >= 15 is 0 Å². The zero-order valence-corrected chi connectivity index (χ0v) is 5.74. The highest BCUT2D eigenvalue weighted by Crippen LogP contribution is 2.06. The lowest BCUT2D eigenvalue weighted by Gasteiger charge is -1.90. The van der Waals surface area contributed by atoms with Crippen LogP contribution in [0, 0.1) is 12.5 Å². The van der Waals surface area contributed by atoms with Crippen molar-refractivity contribution in [2.45, 2.75) is 6.61 Å². The molecule has 0 saturated carbocycles. The Morgan fingerprint density at radius 2 is 2.55 bits per heavy atom. The molecule has 1 rings (SSSR count). The average molecular weight is 150 g/mol. The Morgan fingerprint density at radius 1 is 1.73 bits per heavy atom. The molecule has 3 heteroatoms. The number of carbonyl (C=O) groups excluding carboxylic acids is 1. The third kappa shape index (κ3) is 1.87. The number of ether oxygens (including phenoxy) is 1. The molecule has 0 aromatic carbocycles. The molecule has 11 heavy (non-hydrogen) atoms. The average Bonchev–Trinajstić information content (AvgIpc) is 2.48. The smallest absolute Gasteiger partial charge is 0.185 e. The summed E-state index contributed by atoms with van der Waals surface area (Å²) < 4.78 is 9.54. The molecule has 0 radical (unpaired) electrons. The van der Waals surface area contributed by atoms with Gasteiger partial charge in [0.05, 0.1) is 0 Å². The molecule has 0 spiro atoms. The number of hydrogen-bond donors (Lipinski definition) is 0. The summed E-state index contributed by atoms with van der Waals surface area (Å²) in [7, 11) is 0. The Labute approximate surface area is 64.0 Å². The molecule has 0 fully saturated rings. The Hall–Kier alpha value is -1.69. The van der Waals surface area contributed by atoms with Crippen molar-refractivity contribution in [2.24, 2.45) is 0 Å². The van der Waals surface area contributed by atoms with Crippen molar-refractivity contribution >= 4 is 6.29 Å². The summed E-state index contributed by atoms with van der Waals surface area (Å²) in [6.45, 7) is 0.199. The van der Waals surface area contributed by atoms with Gasteiger partial charge in [-0.25, -0.2) is 0 Å². The van der Waals surface area contributed by atoms with Crippen LogP contribution in [-0.2, 0) is 11.3 Å². The van der Waals surface area contributed by atoms with Crippen LogP contribution < -0.4 is 0 Å². The highest BCUT2D eigenvalue weighted by atomic mass is 16.5. The van der Waals surface area contributed by atoms with Gasteiger partial charge in [-0.3, -0.25) is 4.79 Å². The summed E-state index contributed by atoms with van der Waals surface area (Å²) in [6.07, 6.45) is 7.45. The van der Waals surface area contributed by atoms with Crippen molar-refractivity contribution in [1.82, 2.24) is 0 Å². The lowest BCUT2D eigenvalue weighted by molar-refractivity contribution is 0.109. The van der Waals surface area contributed by atoms with Crippen LogP contribution in [0.2, 0.25) is 0 Å². The maximum absolute atomic E-state index is 10.1. The lowest BCUT2D eigenvalue weighted by atomic mass is 10.4. The van der Waals surface area contributed by atoms with Crippen LogP contribution in [0.4, 0.5) is 0 Å². The van der Waals surface area contributed by atoms with Gasteiger partial charge in [0.2, 0.25) is 0 Å². The monoisotopic (exact) mass is 150 g/mol. The first-order valence-corrected chi connectivity index (χ1v) is 2.98. The molecule has 1 heterocycles. The first-order chi connectivity index (χ1) is 5.36. The van der Waals surface area contributed by atoms with E-state index in [0.29, 0.717) is 12.0 Å². The Balaban J connectivity index is 2.59. The summed E-state index contributed by atoms with van der Waals surface area (Å²) in [5.74, 6) is 0.825. The maximum atomic E-state index is 10.1. The van der Waals surface area contributed by atoms with E-state index in [0.717, 1.165) is 0 Å². The standard InChI is InChI=1S/C8H6O3/c1-2-10-6-8-4-3-7(5-9)11-8/h1,3-5H,6H2. The van der Waals surface area contributed by atoms with Crippen LogP contribution in [0.3, 0.4) is 0 Å². The van der Waals surface area contributed by atoms with E-state index in [1.54, 1.807) is 12.1 Å². The van der Waals surface area contributed by atoms with E-state index in [2.05, 4.69) is 4.74 Å². The van der Waals surface area contributed by atoms with Gasteiger partial charge in [-0.15, -0.1) is 0 Å². The second-order valence-corrected chi connectivity index (χ2v) is 1.83. The van der Waals surface area contributed by atoms with Crippen molar-refractivity contribution < 1.29 is 13.9 Å². The molecule has 0 atom stereocenters. The van der Waals surface area contributed by atoms with E-state index in [1.165, 1.54) is 0 Å². The van der Waals surface area contributed by atoms with Crippen LogP contribution in [0.15, 0.2) is 16.5 Å². The van der Waals surface area contributed by atoms with Gasteiger partial charge in [-0.2, -0.15) is 0 Å². The minimum absolute atomic E-state index is 0.199. The molecule has 0 aliphatic rings. The van der Waals surface area contributed by atoms with E-state index in [9.17, 15) is 4.79 Å². The van der Waals surface area contributed by atoms with Gasteiger partial charge in [0.1, 0.15) is 11.9 Å². The third-order valence-electron chi connectivity index (χ3n) is 1.10. The number of rotatable bonds is 3. The molecule has 0 aliphatic carbocycles. The molecule has 1 aromatic rings. The largest absolute Gasteiger partial charge is 0.455 e. The zero-order valence-electron chi connectivity index (χ0n) is 5.74. The van der Waals surface area contributed by atoms with Gasteiger partial charge < -0.3 is 9.15 Å². The molecule has 1 aromatic heterocycles. The van der Waals surface area contributed by atoms with Gasteiger partial charge in [-0.1, -0.05) is 6.42 Å². The molecule has 0 N–H and O–H groups in total. The van der Waals surface area contributed by atoms with Crippen LogP contribution in [0.25, 0.3) is 0 Å². The summed E-state index contributed by atoms with van der Waals surface area (Å²) in [5, 5.41) is 0. The van der Waals surface area contributed by atoms with Crippen LogP contribution in [-0.4, -0.2) is 6.29 Å². The highest BCUT2D eigenvalue weighted by molar-refractivity contribution is 5.70. The fraction of sp³-hybridized carbons (Fsp3) is 0.125. The van der Waals surface area contributed by atoms with E-state index in [4.69, 9.17) is 10.8 Å². The molecule has 0 saturated heterocycles. The topological polar surface area (TPSA) is 39.4 Å². The quantitative estimate of drug-likeness (QED) is 0.480. The van der Waals surface area contributed by atoms with Gasteiger partial charge >= 0.3 is 0 Å². The summed E-state index contributed by atoms with van der Waals surface area (Å²) in [4.78, 5) is 10.1. The fourth-order valence-corrected chi connectivity index (χ4v) is 0.648. The summed E-state index contributed by atoms with van der Waals surface area (Å²) in [5.41, 5.74) is 0. The normalized spacial score (nSPS) is 8.64. The predicted molar refractivity (Wildman–Crippen MR) is 37.7 cm³/mol. The van der Waals surface area contributed by atoms with E-state index in [-0.39, 0.29) is 12.4 Å². The first-order valence-electron chi connectivity index (χ1n) is 2.98. The van der Waals surface area contributed by atoms with Gasteiger partial charge in [0.25, 0.3) is 0 Å². The predicted octanol–water partition coefficient (Wildman–Crippen LogP) is 1.20. The third-order valence-corrected chi connectivity index (χ3v) is 1.10. The minimum atomic E-state index is 0.199. The molecular formula is C8H6O3. The van der Waals surface area contributed by atoms with Crippen molar-refractivity contribution in [2.75, 3.05) is 0 Å². The fourth-order valence-electron chi connectivity index (χ4n) is 0.648. The van der Waals surface area contributed by atoms with Gasteiger partial charge in [-0.05, 0) is 12.1 Å². The second kappa shape index (κ2) is 3.47. The van der Waals surface area contributed by atoms with Crippen LogP contribution >= 0.6 is 0 Å². The van der Waals surface area contributed by atoms with E-state index in [1.807, 2.05) is 6.11 Å². The SMILES string of the molecule is C#COCc1ccc(C=O)o1. The second-order valence-electron chi connectivity index (χ2n) is 1.83. The molecular weight excluding hydrogens is 144 g/mol. The van der Waals surface area contributed by atoms with Crippen molar-refractivity contribution in [3.05, 3.63) is 23.7 Å². The number of hydrogen-bond acceptors (Lipinski definition) is 3. The number of terminal acetylenes is 1. The number of aldehydes is 1. The maximum Gasteiger partial charge on any atom is 0.185 e. The Morgan fingerprint density at radius 3 is 3.09 bits per heavy atom. The summed E-state index contributed by atoms with van der Waals surface area (Å²) >= 11 is 0. The molecule has 3 nitrogen and oxygen atoms in total. The van der Waals surface area contributed by atoms with E-state index < -0.39 is 0 Å². The molecule has 56 valence electrons. The van der Waals surface area contributed by atoms with Crippen molar-refractivity contribution in [1.29, 1.82) is 0 Å². The van der Waals surface area contributed by atoms with Gasteiger partial charge in [0, 0.05) is 0 Å². The van der Waals surface area contributed by atoms with Crippen molar-refractivity contribution in [3.8, 4) is 12.5 Å². The van der Waals surface area contributed by atoms with Crippen LogP contribution in [0.1, 0.15) is 16.3 Å². The van der Waals surface area contributed by atoms with Gasteiger partial charge in [0.15, 0.2) is 18.7 Å².